The van der Waals surface area contributed by atoms with Crippen LogP contribution < -0.4 is 10.6 Å². The number of ether oxygens (including phenoxy) is 2. The number of hydrogen-bond acceptors (Lipinski definition) is 5. The molecule has 4 rings (SSSR count). The predicted molar refractivity (Wildman–Crippen MR) is 115 cm³/mol. The van der Waals surface area contributed by atoms with Crippen LogP contribution in [-0.4, -0.2) is 68.4 Å². The molecule has 7 nitrogen and oxygen atoms in total. The van der Waals surface area contributed by atoms with E-state index in [4.69, 9.17) is 9.47 Å². The van der Waals surface area contributed by atoms with Crippen molar-refractivity contribution < 1.29 is 14.3 Å². The highest BCUT2D eigenvalue weighted by molar-refractivity contribution is 5.75. The van der Waals surface area contributed by atoms with Crippen molar-refractivity contribution in [1.29, 1.82) is 0 Å². The number of carbonyl (C=O) groups is 1. The molecule has 0 aromatic heterocycles. The molecule has 2 heterocycles. The van der Waals surface area contributed by atoms with E-state index in [2.05, 4.69) is 44.7 Å². The second-order valence-corrected chi connectivity index (χ2v) is 7.54. The molecule has 30 heavy (non-hydrogen) atoms. The number of benzene rings is 2. The number of amides is 2. The maximum absolute atomic E-state index is 13.2. The monoisotopic (exact) mass is 410 g/mol. The summed E-state index contributed by atoms with van der Waals surface area (Å²) in [7, 11) is 0. The molecule has 7 heteroatoms. The van der Waals surface area contributed by atoms with E-state index < -0.39 is 0 Å². The molecule has 160 valence electrons. The Kier molecular flexibility index (Phi) is 7.31. The first-order valence-corrected chi connectivity index (χ1v) is 10.6. The highest BCUT2D eigenvalue weighted by Crippen LogP contribution is 2.21. The van der Waals surface area contributed by atoms with Crippen LogP contribution in [0, 0.1) is 0 Å². The first-order valence-electron chi connectivity index (χ1n) is 10.6. The maximum atomic E-state index is 13.2. The van der Waals surface area contributed by atoms with Gasteiger partial charge in [-0.1, -0.05) is 60.7 Å². The van der Waals surface area contributed by atoms with Crippen LogP contribution in [-0.2, 0) is 9.47 Å². The molecule has 2 atom stereocenters. The van der Waals surface area contributed by atoms with Crippen molar-refractivity contribution in [1.82, 2.24) is 20.4 Å². The molecule has 2 unspecified atom stereocenters. The van der Waals surface area contributed by atoms with Gasteiger partial charge in [0.05, 0.1) is 26.4 Å². The normalized spacial score (nSPS) is 20.3. The molecule has 2 aromatic carbocycles. The van der Waals surface area contributed by atoms with Gasteiger partial charge in [-0.2, -0.15) is 0 Å². The Bertz CT molecular complexity index is 712. The van der Waals surface area contributed by atoms with E-state index >= 15 is 0 Å². The lowest BCUT2D eigenvalue weighted by Crippen LogP contribution is -2.52. The third-order valence-electron chi connectivity index (χ3n) is 5.59. The van der Waals surface area contributed by atoms with Crippen molar-refractivity contribution in [2.75, 3.05) is 52.6 Å². The fraction of sp³-hybridized carbons (Fsp3) is 0.435. The molecule has 2 N–H and O–H groups in total. The molecule has 0 saturated carbocycles. The van der Waals surface area contributed by atoms with Crippen LogP contribution in [0.3, 0.4) is 0 Å². The van der Waals surface area contributed by atoms with Crippen molar-refractivity contribution >= 4 is 6.03 Å². The zero-order chi connectivity index (χ0) is 20.6. The SMILES string of the molecule is O=C(NC(c1ccccc1)N1CCOCC1)NC(c1ccccc1)N1CCOCC1. The zero-order valence-electron chi connectivity index (χ0n) is 17.2. The van der Waals surface area contributed by atoms with Gasteiger partial charge in [0.2, 0.25) is 0 Å². The van der Waals surface area contributed by atoms with E-state index in [0.717, 1.165) is 37.3 Å². The minimum atomic E-state index is -0.198. The number of morpholine rings is 2. The van der Waals surface area contributed by atoms with Crippen molar-refractivity contribution in [3.63, 3.8) is 0 Å². The van der Waals surface area contributed by atoms with Crippen LogP contribution in [0.25, 0.3) is 0 Å². The van der Waals surface area contributed by atoms with Crippen molar-refractivity contribution in [2.45, 2.75) is 12.3 Å². The van der Waals surface area contributed by atoms with E-state index in [9.17, 15) is 4.79 Å². The maximum Gasteiger partial charge on any atom is 0.317 e. The summed E-state index contributed by atoms with van der Waals surface area (Å²) in [5.74, 6) is 0. The minimum absolute atomic E-state index is 0.185. The molecule has 2 aliphatic heterocycles. The average molecular weight is 411 g/mol. The molecule has 2 saturated heterocycles. The second kappa shape index (κ2) is 10.5. The molecule has 0 spiro atoms. The molecule has 0 aliphatic carbocycles. The summed E-state index contributed by atoms with van der Waals surface area (Å²) in [5, 5.41) is 6.41. The summed E-state index contributed by atoms with van der Waals surface area (Å²) in [6.07, 6.45) is -0.396. The fourth-order valence-corrected chi connectivity index (χ4v) is 4.00. The number of carbonyl (C=O) groups excluding carboxylic acids is 1. The lowest BCUT2D eigenvalue weighted by Gasteiger charge is -2.37. The topological polar surface area (TPSA) is 66.1 Å². The van der Waals surface area contributed by atoms with Crippen LogP contribution >= 0.6 is 0 Å². The standard InChI is InChI=1S/C23H30N4O3/c28-23(24-21(19-7-3-1-4-8-19)26-11-15-29-16-12-26)25-22(20-9-5-2-6-10-20)27-13-17-30-18-14-27/h1-10,21-22H,11-18H2,(H2,24,25,28). The van der Waals surface area contributed by atoms with Crippen LogP contribution in [0.15, 0.2) is 60.7 Å². The molecule has 0 radical (unpaired) electrons. The van der Waals surface area contributed by atoms with E-state index in [0.29, 0.717) is 26.4 Å². The summed E-state index contributed by atoms with van der Waals surface area (Å²) in [4.78, 5) is 17.7. The smallest absolute Gasteiger partial charge is 0.317 e. The Morgan fingerprint density at radius 2 is 1.03 bits per heavy atom. The lowest BCUT2D eigenvalue weighted by atomic mass is 10.1. The molecular weight excluding hydrogens is 380 g/mol. The molecule has 0 bridgehead atoms. The fourth-order valence-electron chi connectivity index (χ4n) is 4.00. The van der Waals surface area contributed by atoms with Gasteiger partial charge in [-0.05, 0) is 11.1 Å². The van der Waals surface area contributed by atoms with Crippen LogP contribution in [0.4, 0.5) is 4.79 Å². The average Bonchev–Trinajstić information content (AvgIpc) is 2.83. The summed E-state index contributed by atoms with van der Waals surface area (Å²) in [5.41, 5.74) is 2.13. The number of nitrogens with one attached hydrogen (secondary N) is 2. The van der Waals surface area contributed by atoms with Crippen molar-refractivity contribution in [3.05, 3.63) is 71.8 Å². The molecule has 2 fully saturated rings. The summed E-state index contributed by atoms with van der Waals surface area (Å²) in [6, 6.07) is 20.0. The number of urea groups is 1. The quantitative estimate of drug-likeness (QED) is 0.765. The van der Waals surface area contributed by atoms with Gasteiger partial charge in [-0.15, -0.1) is 0 Å². The molecule has 2 aliphatic rings. The second-order valence-electron chi connectivity index (χ2n) is 7.54. The van der Waals surface area contributed by atoms with Gasteiger partial charge < -0.3 is 20.1 Å². The summed E-state index contributed by atoms with van der Waals surface area (Å²) >= 11 is 0. The first-order chi connectivity index (χ1) is 14.8. The van der Waals surface area contributed by atoms with E-state index in [1.54, 1.807) is 0 Å². The van der Waals surface area contributed by atoms with Gasteiger partial charge in [0.15, 0.2) is 0 Å². The highest BCUT2D eigenvalue weighted by Gasteiger charge is 2.28. The van der Waals surface area contributed by atoms with E-state index in [-0.39, 0.29) is 18.4 Å². The van der Waals surface area contributed by atoms with Gasteiger partial charge in [-0.25, -0.2) is 4.79 Å². The first kappa shape index (κ1) is 20.8. The third-order valence-corrected chi connectivity index (χ3v) is 5.59. The third kappa shape index (κ3) is 5.37. The van der Waals surface area contributed by atoms with Crippen LogP contribution in [0.5, 0.6) is 0 Å². The molecule has 2 amide bonds. The van der Waals surface area contributed by atoms with E-state index in [1.165, 1.54) is 0 Å². The van der Waals surface area contributed by atoms with Crippen molar-refractivity contribution in [3.8, 4) is 0 Å². The van der Waals surface area contributed by atoms with Crippen molar-refractivity contribution in [2.24, 2.45) is 0 Å². The molecule has 2 aromatic rings. The van der Waals surface area contributed by atoms with Gasteiger partial charge in [0.25, 0.3) is 0 Å². The Morgan fingerprint density at radius 3 is 1.40 bits per heavy atom. The van der Waals surface area contributed by atoms with Crippen LogP contribution in [0.1, 0.15) is 23.5 Å². The Balaban J connectivity index is 1.50. The van der Waals surface area contributed by atoms with Gasteiger partial charge in [0, 0.05) is 26.2 Å². The summed E-state index contributed by atoms with van der Waals surface area (Å²) in [6.45, 7) is 5.83. The Labute approximate surface area is 177 Å². The highest BCUT2D eigenvalue weighted by atomic mass is 16.5. The van der Waals surface area contributed by atoms with Gasteiger partial charge in [0.1, 0.15) is 12.3 Å². The lowest BCUT2D eigenvalue weighted by molar-refractivity contribution is 0.00557. The Morgan fingerprint density at radius 1 is 0.667 bits per heavy atom. The number of nitrogens with zero attached hydrogens (tertiary/aromatic N) is 2. The number of rotatable bonds is 6. The van der Waals surface area contributed by atoms with E-state index in [1.807, 2.05) is 36.4 Å². The Hall–Kier alpha value is -2.45. The molecular formula is C23H30N4O3. The number of hydrogen-bond donors (Lipinski definition) is 2. The minimum Gasteiger partial charge on any atom is -0.379 e. The zero-order valence-corrected chi connectivity index (χ0v) is 17.2. The van der Waals surface area contributed by atoms with Gasteiger partial charge >= 0.3 is 6.03 Å². The van der Waals surface area contributed by atoms with Crippen LogP contribution in [0.2, 0.25) is 0 Å². The largest absolute Gasteiger partial charge is 0.379 e. The van der Waals surface area contributed by atoms with Gasteiger partial charge in [-0.3, -0.25) is 9.80 Å². The predicted octanol–water partition coefficient (Wildman–Crippen LogP) is 2.35. The summed E-state index contributed by atoms with van der Waals surface area (Å²) < 4.78 is 11.0.